The van der Waals surface area contributed by atoms with E-state index in [-0.39, 0.29) is 0 Å². The van der Waals surface area contributed by atoms with Crippen LogP contribution in [0.3, 0.4) is 0 Å². The van der Waals surface area contributed by atoms with E-state index < -0.39 is 0 Å². The van der Waals surface area contributed by atoms with Crippen molar-refractivity contribution in [2.45, 2.75) is 0 Å². The van der Waals surface area contributed by atoms with Crippen LogP contribution >= 0.6 is 11.3 Å². The van der Waals surface area contributed by atoms with Crippen LogP contribution in [0.5, 0.6) is 0 Å². The zero-order valence-corrected chi connectivity index (χ0v) is 31.7. The maximum atomic E-state index is 9.58. The molecule has 0 spiro atoms. The van der Waals surface area contributed by atoms with Crippen molar-refractivity contribution in [3.8, 4) is 73.6 Å². The Labute approximate surface area is 337 Å². The van der Waals surface area contributed by atoms with Gasteiger partial charge in [0, 0.05) is 47.6 Å². The molecule has 0 bridgehead atoms. The molecule has 0 saturated carbocycles. The average molecular weight is 759 g/mol. The first-order chi connectivity index (χ1) is 28.7. The second kappa shape index (κ2) is 13.8. The Bertz CT molecular complexity index is 3410. The summed E-state index contributed by atoms with van der Waals surface area (Å²) in [5, 5.41) is 14.1. The molecule has 0 aliphatic rings. The number of rotatable bonds is 6. The number of aromatic nitrogens is 3. The van der Waals surface area contributed by atoms with Crippen molar-refractivity contribution >= 4 is 53.4 Å². The Balaban J connectivity index is 1.06. The molecule has 0 atom stereocenters. The summed E-state index contributed by atoms with van der Waals surface area (Å²) in [5.41, 5.74) is 11.4. The van der Waals surface area contributed by atoms with Crippen LogP contribution in [0.4, 0.5) is 0 Å². The minimum atomic E-state index is 0.550. The fraction of sp³-hybridized carbons (Fsp3) is 0. The number of hydrogen-bond donors (Lipinski definition) is 0. The Kier molecular flexibility index (Phi) is 7.99. The minimum absolute atomic E-state index is 0.550. The quantitative estimate of drug-likeness (QED) is 0.169. The first-order valence-electron chi connectivity index (χ1n) is 19.1. The van der Waals surface area contributed by atoms with Crippen LogP contribution in [-0.4, -0.2) is 15.0 Å². The molecule has 5 nitrogen and oxygen atoms in total. The van der Waals surface area contributed by atoms with Crippen molar-refractivity contribution in [1.29, 1.82) is 5.26 Å². The van der Waals surface area contributed by atoms with Gasteiger partial charge in [-0.3, -0.25) is 0 Å². The van der Waals surface area contributed by atoms with Gasteiger partial charge in [0.1, 0.15) is 11.2 Å². The highest BCUT2D eigenvalue weighted by atomic mass is 32.1. The highest BCUT2D eigenvalue weighted by Crippen LogP contribution is 2.41. The molecule has 0 unspecified atom stereocenters. The number of furan rings is 1. The first-order valence-corrected chi connectivity index (χ1v) is 19.9. The predicted molar refractivity (Wildman–Crippen MR) is 237 cm³/mol. The van der Waals surface area contributed by atoms with Gasteiger partial charge in [-0.25, -0.2) is 15.0 Å². The summed E-state index contributed by atoms with van der Waals surface area (Å²) in [6, 6.07) is 64.5. The Hall–Kier alpha value is -7.72. The highest BCUT2D eigenvalue weighted by Gasteiger charge is 2.19. The number of benzene rings is 8. The summed E-state index contributed by atoms with van der Waals surface area (Å²) >= 11 is 1.75. The molecule has 11 aromatic rings. The molecule has 3 heterocycles. The Morgan fingerprint density at radius 2 is 1.02 bits per heavy atom. The predicted octanol–water partition coefficient (Wildman–Crippen LogP) is 14.0. The summed E-state index contributed by atoms with van der Waals surface area (Å²) in [4.78, 5) is 15.5. The monoisotopic (exact) mass is 758 g/mol. The third-order valence-corrected chi connectivity index (χ3v) is 12.0. The van der Waals surface area contributed by atoms with Gasteiger partial charge in [0.15, 0.2) is 17.5 Å². The smallest absolute Gasteiger partial charge is 0.165 e. The van der Waals surface area contributed by atoms with Gasteiger partial charge in [0.25, 0.3) is 0 Å². The zero-order valence-electron chi connectivity index (χ0n) is 30.9. The van der Waals surface area contributed by atoms with E-state index in [1.54, 1.807) is 11.3 Å². The number of nitrogens with zero attached hydrogens (tertiary/aromatic N) is 4. The molecule has 270 valence electrons. The maximum absolute atomic E-state index is 9.58. The normalized spacial score (nSPS) is 11.4. The van der Waals surface area contributed by atoms with E-state index in [1.807, 2.05) is 60.7 Å². The van der Waals surface area contributed by atoms with Crippen molar-refractivity contribution < 1.29 is 4.42 Å². The lowest BCUT2D eigenvalue weighted by molar-refractivity contribution is 0.669. The van der Waals surface area contributed by atoms with E-state index in [0.717, 1.165) is 65.6 Å². The van der Waals surface area contributed by atoms with E-state index in [2.05, 4.69) is 127 Å². The van der Waals surface area contributed by atoms with Crippen LogP contribution in [0, 0.1) is 11.3 Å². The van der Waals surface area contributed by atoms with Gasteiger partial charge in [0.05, 0.1) is 11.6 Å². The van der Waals surface area contributed by atoms with Crippen molar-refractivity contribution in [3.63, 3.8) is 0 Å². The second-order valence-electron chi connectivity index (χ2n) is 14.3. The SMILES string of the molecule is N#Cc1cccc(-c2cccc(-c3nc(-c4ccc5c(c4)oc4cccc(-c6ccc(-c7ccccc7)cc6)c45)nc(-c4cccc5c4sc4ccccc45)n3)c2)c1. The van der Waals surface area contributed by atoms with Gasteiger partial charge in [-0.05, 0) is 81.9 Å². The molecule has 0 aliphatic carbocycles. The van der Waals surface area contributed by atoms with E-state index in [0.29, 0.717) is 23.0 Å². The lowest BCUT2D eigenvalue weighted by Gasteiger charge is -2.10. The van der Waals surface area contributed by atoms with E-state index in [9.17, 15) is 5.26 Å². The summed E-state index contributed by atoms with van der Waals surface area (Å²) in [7, 11) is 0. The molecule has 8 aromatic carbocycles. The highest BCUT2D eigenvalue weighted by molar-refractivity contribution is 7.26. The van der Waals surface area contributed by atoms with Crippen LogP contribution < -0.4 is 0 Å². The fourth-order valence-corrected chi connectivity index (χ4v) is 9.17. The summed E-state index contributed by atoms with van der Waals surface area (Å²) in [5.74, 6) is 1.70. The molecule has 58 heavy (non-hydrogen) atoms. The molecular formula is C52H30N4OS. The van der Waals surface area contributed by atoms with E-state index >= 15 is 0 Å². The summed E-state index contributed by atoms with van der Waals surface area (Å²) < 4.78 is 8.93. The Morgan fingerprint density at radius 1 is 0.414 bits per heavy atom. The first kappa shape index (κ1) is 33.6. The van der Waals surface area contributed by atoms with Gasteiger partial charge in [-0.2, -0.15) is 5.26 Å². The van der Waals surface area contributed by atoms with Crippen LogP contribution in [0.15, 0.2) is 186 Å². The second-order valence-corrected chi connectivity index (χ2v) is 15.3. The van der Waals surface area contributed by atoms with E-state index in [1.165, 1.54) is 26.6 Å². The largest absolute Gasteiger partial charge is 0.456 e. The van der Waals surface area contributed by atoms with Gasteiger partial charge in [-0.15, -0.1) is 11.3 Å². The molecule has 0 saturated heterocycles. The van der Waals surface area contributed by atoms with Crippen LogP contribution in [-0.2, 0) is 0 Å². The van der Waals surface area contributed by atoms with Gasteiger partial charge in [0.2, 0.25) is 0 Å². The Morgan fingerprint density at radius 3 is 1.86 bits per heavy atom. The lowest BCUT2D eigenvalue weighted by Crippen LogP contribution is -2.00. The van der Waals surface area contributed by atoms with Crippen molar-refractivity contribution in [1.82, 2.24) is 15.0 Å². The topological polar surface area (TPSA) is 75.6 Å². The van der Waals surface area contributed by atoms with Crippen LogP contribution in [0.25, 0.3) is 110 Å². The molecule has 11 rings (SSSR count). The average Bonchev–Trinajstić information content (AvgIpc) is 3.88. The maximum Gasteiger partial charge on any atom is 0.165 e. The van der Waals surface area contributed by atoms with Crippen LogP contribution in [0.1, 0.15) is 5.56 Å². The zero-order chi connectivity index (χ0) is 38.6. The number of thiophene rings is 1. The minimum Gasteiger partial charge on any atom is -0.456 e. The number of hydrogen-bond acceptors (Lipinski definition) is 6. The van der Waals surface area contributed by atoms with Gasteiger partial charge >= 0.3 is 0 Å². The summed E-state index contributed by atoms with van der Waals surface area (Å²) in [6.45, 7) is 0. The molecule has 0 aliphatic heterocycles. The van der Waals surface area contributed by atoms with Crippen molar-refractivity contribution in [2.24, 2.45) is 0 Å². The number of fused-ring (bicyclic) bond motifs is 6. The standard InChI is InChI=1S/C52H30N4OS/c53-31-32-10-6-13-36(28-32)37-14-7-15-38(29-37)50-54-51(56-52(55-50)44-19-8-18-42-41-16-4-5-21-47(41)58-49(42)44)39-26-27-43-46(30-39)57-45-20-9-17-40(48(43)45)35-24-22-34(23-25-35)33-11-2-1-3-12-33/h1-30H. The van der Waals surface area contributed by atoms with Crippen LogP contribution in [0.2, 0.25) is 0 Å². The van der Waals surface area contributed by atoms with Crippen molar-refractivity contribution in [2.75, 3.05) is 0 Å². The third kappa shape index (κ3) is 5.81. The van der Waals surface area contributed by atoms with E-state index in [4.69, 9.17) is 19.4 Å². The molecule has 6 heteroatoms. The lowest BCUT2D eigenvalue weighted by atomic mass is 9.96. The number of nitriles is 1. The van der Waals surface area contributed by atoms with Gasteiger partial charge < -0.3 is 4.42 Å². The van der Waals surface area contributed by atoms with Crippen molar-refractivity contribution in [3.05, 3.63) is 188 Å². The van der Waals surface area contributed by atoms with Gasteiger partial charge in [-0.1, -0.05) is 133 Å². The third-order valence-electron chi connectivity index (χ3n) is 10.8. The molecular weight excluding hydrogens is 729 g/mol. The fourth-order valence-electron chi connectivity index (χ4n) is 7.96. The molecule has 0 fully saturated rings. The summed E-state index contributed by atoms with van der Waals surface area (Å²) in [6.07, 6.45) is 0. The molecule has 0 radical (unpaired) electrons. The molecule has 0 amide bonds. The molecule has 3 aromatic heterocycles. The molecule has 0 N–H and O–H groups in total.